The third-order valence-corrected chi connectivity index (χ3v) is 1.69. The summed E-state index contributed by atoms with van der Waals surface area (Å²) >= 11 is 0. The lowest BCUT2D eigenvalue weighted by Gasteiger charge is -2.05. The molecular weight excluding hydrogens is 283 g/mol. The number of hydrogen-bond donors (Lipinski definition) is 4. The average Bonchev–Trinajstić information content (AvgIpc) is 2.17. The van der Waals surface area contributed by atoms with E-state index in [2.05, 4.69) is 15.8 Å². The van der Waals surface area contributed by atoms with Crippen molar-refractivity contribution in [3.05, 3.63) is 39.9 Å². The average molecular weight is 297 g/mol. The fraction of sp³-hybridized carbons (Fsp3) is 0.125. The quantitative estimate of drug-likeness (QED) is 0.209. The molecule has 0 aliphatic heterocycles. The van der Waals surface area contributed by atoms with Crippen LogP contribution in [-0.4, -0.2) is 11.0 Å². The molecule has 18 heavy (non-hydrogen) atoms. The van der Waals surface area contributed by atoms with Crippen LogP contribution in [0.5, 0.6) is 0 Å². The van der Waals surface area contributed by atoms with Crippen molar-refractivity contribution in [1.82, 2.24) is 5.43 Å². The van der Waals surface area contributed by atoms with Gasteiger partial charge < -0.3 is 11.1 Å². The Kier molecular flexibility index (Phi) is 9.81. The molecule has 0 aliphatic rings. The van der Waals surface area contributed by atoms with Crippen molar-refractivity contribution in [2.24, 2.45) is 16.7 Å². The molecule has 8 nitrogen and oxygen atoms in total. The first-order valence-electron chi connectivity index (χ1n) is 4.39. The van der Waals surface area contributed by atoms with Crippen molar-refractivity contribution in [3.63, 3.8) is 0 Å². The molecule has 6 N–H and O–H groups in total. The van der Waals surface area contributed by atoms with E-state index in [1.54, 1.807) is 18.2 Å². The number of rotatable bonds is 4. The molecule has 0 unspecified atom stereocenters. The maximum Gasteiger partial charge on any atom is 0.270 e. The summed E-state index contributed by atoms with van der Waals surface area (Å²) in [5, 5.41) is 14.7. The minimum absolute atomic E-state index is 0. The fourth-order valence-corrected chi connectivity index (χ4v) is 1.14. The first-order chi connectivity index (χ1) is 7.61. The smallest absolute Gasteiger partial charge is 0.270 e. The Morgan fingerprint density at radius 1 is 1.44 bits per heavy atom. The number of anilines is 1. The van der Waals surface area contributed by atoms with Gasteiger partial charge in [0.05, 0.1) is 0 Å². The third-order valence-electron chi connectivity index (χ3n) is 1.69. The van der Waals surface area contributed by atoms with Crippen molar-refractivity contribution < 1.29 is 5.03 Å². The van der Waals surface area contributed by atoms with Gasteiger partial charge in [-0.15, -0.1) is 24.8 Å². The van der Waals surface area contributed by atoms with Crippen molar-refractivity contribution >= 4 is 36.5 Å². The molecule has 0 aromatic heterocycles. The SMILES string of the molecule is Cl.Cl.NNCc1cccc(NC(N)=N[N+](=O)[O-])c1. The number of hydrazone groups is 1. The second-order valence-corrected chi connectivity index (χ2v) is 2.93. The molecule has 0 amide bonds. The first kappa shape index (κ1) is 18.7. The number of guanidine groups is 1. The van der Waals surface area contributed by atoms with E-state index in [1.807, 2.05) is 6.07 Å². The van der Waals surface area contributed by atoms with Gasteiger partial charge >= 0.3 is 0 Å². The number of nitro groups is 1. The molecule has 10 heteroatoms. The Hall–Kier alpha value is -1.61. The van der Waals surface area contributed by atoms with Gasteiger partial charge in [0.1, 0.15) is 5.10 Å². The molecule has 1 aromatic rings. The standard InChI is InChI=1S/C8H12N6O2.2ClH/c9-8(13-14(15)16)12-7-3-1-2-6(4-7)5-11-10;;/h1-4,11H,5,10H2,(H3,9,12,13);2*1H. The van der Waals surface area contributed by atoms with Gasteiger partial charge in [-0.25, -0.2) is 10.1 Å². The molecule has 0 atom stereocenters. The molecule has 0 fully saturated rings. The highest BCUT2D eigenvalue weighted by Crippen LogP contribution is 2.09. The molecule has 1 rings (SSSR count). The zero-order chi connectivity index (χ0) is 12.0. The van der Waals surface area contributed by atoms with Crippen molar-refractivity contribution in [1.29, 1.82) is 0 Å². The van der Waals surface area contributed by atoms with Crippen LogP contribution in [0.25, 0.3) is 0 Å². The summed E-state index contributed by atoms with van der Waals surface area (Å²) < 4.78 is 0. The number of halogens is 2. The van der Waals surface area contributed by atoms with Crippen molar-refractivity contribution in [3.8, 4) is 0 Å². The largest absolute Gasteiger partial charge is 0.364 e. The van der Waals surface area contributed by atoms with E-state index in [9.17, 15) is 10.1 Å². The maximum absolute atomic E-state index is 10.0. The summed E-state index contributed by atoms with van der Waals surface area (Å²) in [5.74, 6) is 4.89. The zero-order valence-electron chi connectivity index (χ0n) is 9.20. The van der Waals surface area contributed by atoms with Crippen LogP contribution in [0.1, 0.15) is 5.56 Å². The predicted octanol–water partition coefficient (Wildman–Crippen LogP) is 0.412. The molecular formula is C8H14Cl2N6O2. The lowest BCUT2D eigenvalue weighted by Crippen LogP contribution is -2.24. The van der Waals surface area contributed by atoms with E-state index < -0.39 is 5.03 Å². The molecule has 0 saturated carbocycles. The molecule has 0 heterocycles. The van der Waals surface area contributed by atoms with E-state index in [0.717, 1.165) is 5.56 Å². The number of hydrazine groups is 1. The lowest BCUT2D eigenvalue weighted by molar-refractivity contribution is -0.485. The predicted molar refractivity (Wildman–Crippen MR) is 74.2 cm³/mol. The van der Waals surface area contributed by atoms with Crippen molar-refractivity contribution in [2.75, 3.05) is 5.32 Å². The van der Waals surface area contributed by atoms with Crippen molar-refractivity contribution in [2.45, 2.75) is 6.54 Å². The summed E-state index contributed by atoms with van der Waals surface area (Å²) in [4.78, 5) is 10.0. The monoisotopic (exact) mass is 296 g/mol. The highest BCUT2D eigenvalue weighted by atomic mass is 35.5. The van der Waals surface area contributed by atoms with Crippen LogP contribution in [0, 0.1) is 10.1 Å². The third kappa shape index (κ3) is 6.86. The van der Waals surface area contributed by atoms with E-state index in [4.69, 9.17) is 11.6 Å². The Labute approximate surface area is 116 Å². The summed E-state index contributed by atoms with van der Waals surface area (Å²) in [5.41, 5.74) is 9.31. The molecule has 0 saturated heterocycles. The van der Waals surface area contributed by atoms with Gasteiger partial charge in [0.15, 0.2) is 5.03 Å². The van der Waals surface area contributed by atoms with Crippen LogP contribution in [0.2, 0.25) is 0 Å². The number of benzene rings is 1. The Balaban J connectivity index is 0. The van der Waals surface area contributed by atoms with Gasteiger partial charge in [-0.1, -0.05) is 12.1 Å². The lowest BCUT2D eigenvalue weighted by atomic mass is 10.2. The van der Waals surface area contributed by atoms with Crippen LogP contribution < -0.4 is 22.3 Å². The molecule has 102 valence electrons. The van der Waals surface area contributed by atoms with Gasteiger partial charge in [0, 0.05) is 12.2 Å². The van der Waals surface area contributed by atoms with Crippen LogP contribution in [0.15, 0.2) is 29.4 Å². The Morgan fingerprint density at radius 3 is 2.67 bits per heavy atom. The molecule has 0 aliphatic carbocycles. The van der Waals surface area contributed by atoms with E-state index in [0.29, 0.717) is 12.2 Å². The summed E-state index contributed by atoms with van der Waals surface area (Å²) in [6, 6.07) is 7.09. The molecule has 0 bridgehead atoms. The highest BCUT2D eigenvalue weighted by molar-refractivity contribution is 5.91. The molecule has 0 radical (unpaired) electrons. The minimum Gasteiger partial charge on any atom is -0.364 e. The normalized spacial score (nSPS) is 9.94. The second kappa shape index (κ2) is 9.42. The van der Waals surface area contributed by atoms with E-state index in [-0.39, 0.29) is 30.8 Å². The van der Waals surface area contributed by atoms with Gasteiger partial charge in [0.25, 0.3) is 5.96 Å². The van der Waals surface area contributed by atoms with E-state index >= 15 is 0 Å². The zero-order valence-corrected chi connectivity index (χ0v) is 10.8. The first-order valence-corrected chi connectivity index (χ1v) is 4.39. The Morgan fingerprint density at radius 2 is 2.11 bits per heavy atom. The molecule has 0 spiro atoms. The van der Waals surface area contributed by atoms with Gasteiger partial charge in [-0.05, 0) is 17.7 Å². The van der Waals surface area contributed by atoms with Crippen LogP contribution >= 0.6 is 24.8 Å². The summed E-state index contributed by atoms with van der Waals surface area (Å²) in [7, 11) is 0. The highest BCUT2D eigenvalue weighted by Gasteiger charge is 2.00. The molecule has 1 aromatic carbocycles. The summed E-state index contributed by atoms with van der Waals surface area (Å²) in [6.07, 6.45) is 0. The maximum atomic E-state index is 10.0. The van der Waals surface area contributed by atoms with Gasteiger partial charge in [-0.3, -0.25) is 11.3 Å². The second-order valence-electron chi connectivity index (χ2n) is 2.93. The summed E-state index contributed by atoms with van der Waals surface area (Å²) in [6.45, 7) is 0.488. The van der Waals surface area contributed by atoms with Gasteiger partial charge in [-0.2, -0.15) is 0 Å². The van der Waals surface area contributed by atoms with E-state index in [1.165, 1.54) is 0 Å². The fourth-order valence-electron chi connectivity index (χ4n) is 1.14. The number of hydrogen-bond acceptors (Lipinski definition) is 4. The topological polar surface area (TPSA) is 132 Å². The van der Waals surface area contributed by atoms with Crippen LogP contribution in [0.4, 0.5) is 5.69 Å². The number of nitrogens with two attached hydrogens (primary N) is 2. The number of nitrogens with zero attached hydrogens (tertiary/aromatic N) is 2. The number of nitrogens with one attached hydrogen (secondary N) is 2. The van der Waals surface area contributed by atoms with Crippen LogP contribution in [-0.2, 0) is 6.54 Å². The van der Waals surface area contributed by atoms with Gasteiger partial charge in [0.2, 0.25) is 0 Å². The van der Waals surface area contributed by atoms with Crippen LogP contribution in [0.3, 0.4) is 0 Å². The minimum atomic E-state index is -0.867. The Bertz CT molecular complexity index is 414.